The van der Waals surface area contributed by atoms with E-state index >= 15 is 4.39 Å². The third-order valence-corrected chi connectivity index (χ3v) is 8.17. The number of hydrogen-bond acceptors (Lipinski definition) is 9. The summed E-state index contributed by atoms with van der Waals surface area (Å²) in [4.78, 5) is 40.1. The fourth-order valence-electron chi connectivity index (χ4n) is 5.82. The predicted molar refractivity (Wildman–Crippen MR) is 165 cm³/mol. The number of nitrogens with one attached hydrogen (secondary N) is 1. The Morgan fingerprint density at radius 2 is 1.71 bits per heavy atom. The number of halogens is 1. The third kappa shape index (κ3) is 5.77. The third-order valence-electron chi connectivity index (χ3n) is 8.17. The maximum Gasteiger partial charge on any atom is 0.329 e. The average molecular weight is 608 g/mol. The molecule has 0 atom stereocenters. The van der Waals surface area contributed by atoms with Crippen molar-refractivity contribution >= 4 is 34.6 Å². The first-order chi connectivity index (χ1) is 21.9. The number of para-hydroxylation sites is 1. The molecule has 3 N–H and O–H groups in total. The summed E-state index contributed by atoms with van der Waals surface area (Å²) in [5, 5.41) is 7.93. The van der Waals surface area contributed by atoms with Gasteiger partial charge in [-0.25, -0.2) is 28.8 Å². The first-order valence-corrected chi connectivity index (χ1v) is 14.7. The maximum absolute atomic E-state index is 15.1. The highest BCUT2D eigenvalue weighted by Crippen LogP contribution is 2.35. The molecule has 0 bridgehead atoms. The minimum atomic E-state index is -0.594. The monoisotopic (exact) mass is 607 g/mol. The molecule has 7 rings (SSSR count). The standard InChI is InChI=1S/C32H30FN9O3/c33-25-16-26(41-15-12-27(43)38-32(41)44)35-17-21(25)18-40-13-10-22(11-14-40)42-31-28(30(34)36-19-37-31)29(39-42)20-6-8-24(9-7-20)45-23-4-2-1-3-5-23/h1-9,16-17,19,22H,10-15,18H2,(H2,34,36,37)(H,38,43,44). The van der Waals surface area contributed by atoms with Crippen LogP contribution in [0, 0.1) is 5.82 Å². The lowest BCUT2D eigenvalue weighted by molar-refractivity contribution is -0.120. The molecule has 2 saturated heterocycles. The van der Waals surface area contributed by atoms with Crippen LogP contribution in [0.3, 0.4) is 0 Å². The summed E-state index contributed by atoms with van der Waals surface area (Å²) in [5.74, 6) is 1.21. The number of ether oxygens (including phenoxy) is 1. The van der Waals surface area contributed by atoms with Crippen LogP contribution < -0.4 is 20.7 Å². The second kappa shape index (κ2) is 11.9. The zero-order chi connectivity index (χ0) is 30.9. The van der Waals surface area contributed by atoms with E-state index in [2.05, 4.69) is 25.2 Å². The van der Waals surface area contributed by atoms with Crippen LogP contribution in [0.5, 0.6) is 11.5 Å². The normalized spacial score (nSPS) is 16.2. The van der Waals surface area contributed by atoms with E-state index in [1.54, 1.807) is 0 Å². The number of pyridine rings is 1. The molecule has 5 heterocycles. The second-order valence-corrected chi connectivity index (χ2v) is 11.1. The van der Waals surface area contributed by atoms with E-state index in [0.717, 1.165) is 24.2 Å². The largest absolute Gasteiger partial charge is 0.457 e. The summed E-state index contributed by atoms with van der Waals surface area (Å²) < 4.78 is 23.0. The number of carbonyl (C=O) groups excluding carboxylic acids is 2. The van der Waals surface area contributed by atoms with Crippen LogP contribution in [0.1, 0.15) is 30.9 Å². The lowest BCUT2D eigenvalue weighted by atomic mass is 10.0. The van der Waals surface area contributed by atoms with Crippen LogP contribution in [0.15, 0.2) is 73.2 Å². The van der Waals surface area contributed by atoms with Crippen LogP contribution in [0.4, 0.5) is 20.8 Å². The van der Waals surface area contributed by atoms with Crippen molar-refractivity contribution in [3.8, 4) is 22.8 Å². The second-order valence-electron chi connectivity index (χ2n) is 11.1. The molecule has 3 aromatic heterocycles. The molecule has 2 fully saturated rings. The maximum atomic E-state index is 15.1. The number of rotatable bonds is 7. The summed E-state index contributed by atoms with van der Waals surface area (Å²) in [6.07, 6.45) is 4.62. The summed E-state index contributed by atoms with van der Waals surface area (Å²) >= 11 is 0. The number of benzene rings is 2. The number of carbonyl (C=O) groups is 2. The molecule has 0 aliphatic carbocycles. The van der Waals surface area contributed by atoms with E-state index < -0.39 is 11.8 Å². The molecule has 3 amide bonds. The number of anilines is 2. The zero-order valence-corrected chi connectivity index (χ0v) is 24.3. The van der Waals surface area contributed by atoms with Gasteiger partial charge in [0.1, 0.15) is 41.0 Å². The van der Waals surface area contributed by atoms with Gasteiger partial charge in [0.05, 0.1) is 11.4 Å². The average Bonchev–Trinajstić information content (AvgIpc) is 3.44. The van der Waals surface area contributed by atoms with Gasteiger partial charge in [-0.2, -0.15) is 5.10 Å². The van der Waals surface area contributed by atoms with Crippen LogP contribution in [-0.2, 0) is 11.3 Å². The molecule has 0 spiro atoms. The summed E-state index contributed by atoms with van der Waals surface area (Å²) in [7, 11) is 0. The zero-order valence-electron chi connectivity index (χ0n) is 24.3. The van der Waals surface area contributed by atoms with Crippen LogP contribution >= 0.6 is 0 Å². The minimum absolute atomic E-state index is 0.0677. The van der Waals surface area contributed by atoms with Gasteiger partial charge in [0.15, 0.2) is 5.65 Å². The van der Waals surface area contributed by atoms with Crippen LogP contribution in [-0.4, -0.2) is 61.2 Å². The molecule has 0 saturated carbocycles. The highest BCUT2D eigenvalue weighted by Gasteiger charge is 2.28. The molecule has 5 aromatic rings. The quantitative estimate of drug-likeness (QED) is 0.269. The lowest BCUT2D eigenvalue weighted by Crippen LogP contribution is -2.50. The smallest absolute Gasteiger partial charge is 0.329 e. The van der Waals surface area contributed by atoms with Gasteiger partial charge in [-0.3, -0.25) is 19.9 Å². The lowest BCUT2D eigenvalue weighted by Gasteiger charge is -2.32. The highest BCUT2D eigenvalue weighted by molar-refractivity contribution is 6.05. The minimum Gasteiger partial charge on any atom is -0.457 e. The number of urea groups is 1. The van der Waals surface area contributed by atoms with E-state index in [9.17, 15) is 9.59 Å². The number of piperidine rings is 1. The number of aromatic nitrogens is 5. The number of nitrogen functional groups attached to an aromatic ring is 1. The van der Waals surface area contributed by atoms with Gasteiger partial charge in [0.2, 0.25) is 5.91 Å². The molecule has 0 radical (unpaired) electrons. The SMILES string of the molecule is Nc1ncnc2c1c(-c1ccc(Oc3ccccc3)cc1)nn2C1CCN(Cc2cnc(N3CCC(=O)NC3=O)cc2F)CC1. The van der Waals surface area contributed by atoms with Crippen LogP contribution in [0.25, 0.3) is 22.3 Å². The molecule has 13 heteroatoms. The summed E-state index contributed by atoms with van der Waals surface area (Å²) in [6.45, 7) is 1.98. The Labute approximate surface area is 257 Å². The molecule has 0 unspecified atom stereocenters. The summed E-state index contributed by atoms with van der Waals surface area (Å²) in [6, 6.07) is 18.0. The Morgan fingerprint density at radius 3 is 2.44 bits per heavy atom. The fraction of sp³-hybridized carbons (Fsp3) is 0.250. The van der Waals surface area contributed by atoms with Gasteiger partial charge < -0.3 is 10.5 Å². The van der Waals surface area contributed by atoms with Crippen molar-refractivity contribution in [2.75, 3.05) is 30.3 Å². The van der Waals surface area contributed by atoms with Gasteiger partial charge in [-0.05, 0) is 49.2 Å². The highest BCUT2D eigenvalue weighted by atomic mass is 19.1. The molecular weight excluding hydrogens is 577 g/mol. The first kappa shape index (κ1) is 28.3. The Hall–Kier alpha value is -5.43. The molecule has 2 aliphatic heterocycles. The fourth-order valence-corrected chi connectivity index (χ4v) is 5.82. The van der Waals surface area contributed by atoms with Gasteiger partial charge in [-0.1, -0.05) is 18.2 Å². The van der Waals surface area contributed by atoms with Crippen LogP contribution in [0.2, 0.25) is 0 Å². The number of hydrogen-bond donors (Lipinski definition) is 2. The van der Waals surface area contributed by atoms with Crippen molar-refractivity contribution in [3.05, 3.63) is 84.6 Å². The number of fused-ring (bicyclic) bond motifs is 1. The van der Waals surface area contributed by atoms with Crippen molar-refractivity contribution in [1.29, 1.82) is 0 Å². The predicted octanol–water partition coefficient (Wildman–Crippen LogP) is 4.69. The Balaban J connectivity index is 1.05. The molecular formula is C32H30FN9O3. The van der Waals surface area contributed by atoms with Gasteiger partial charge in [0, 0.05) is 56.0 Å². The van der Waals surface area contributed by atoms with E-state index in [0.29, 0.717) is 53.5 Å². The molecule has 2 aromatic carbocycles. The van der Waals surface area contributed by atoms with Crippen molar-refractivity contribution < 1.29 is 18.7 Å². The molecule has 2 aliphatic rings. The number of likely N-dealkylation sites (tertiary alicyclic amines) is 1. The number of nitrogens with two attached hydrogens (primary N) is 1. The summed E-state index contributed by atoms with van der Waals surface area (Å²) in [5.41, 5.74) is 9.04. The van der Waals surface area contributed by atoms with Gasteiger partial charge in [-0.15, -0.1) is 0 Å². The topological polar surface area (TPSA) is 144 Å². The Morgan fingerprint density at radius 1 is 0.956 bits per heavy atom. The molecule has 228 valence electrons. The Kier molecular flexibility index (Phi) is 7.51. The van der Waals surface area contributed by atoms with Crippen molar-refractivity contribution in [1.82, 2.24) is 34.9 Å². The van der Waals surface area contributed by atoms with Crippen molar-refractivity contribution in [2.24, 2.45) is 0 Å². The van der Waals surface area contributed by atoms with Gasteiger partial charge >= 0.3 is 6.03 Å². The van der Waals surface area contributed by atoms with Crippen molar-refractivity contribution in [2.45, 2.75) is 31.8 Å². The van der Waals surface area contributed by atoms with E-state index in [1.165, 1.54) is 23.5 Å². The number of imide groups is 1. The van der Waals surface area contributed by atoms with Crippen molar-refractivity contribution in [3.63, 3.8) is 0 Å². The first-order valence-electron chi connectivity index (χ1n) is 14.7. The van der Waals surface area contributed by atoms with E-state index in [4.69, 9.17) is 15.6 Å². The van der Waals surface area contributed by atoms with Gasteiger partial charge in [0.25, 0.3) is 0 Å². The molecule has 12 nitrogen and oxygen atoms in total. The molecule has 45 heavy (non-hydrogen) atoms. The number of nitrogens with zero attached hydrogens (tertiary/aromatic N) is 7. The van der Waals surface area contributed by atoms with E-state index in [1.807, 2.05) is 59.3 Å². The Bertz CT molecular complexity index is 1870. The van der Waals surface area contributed by atoms with E-state index in [-0.39, 0.29) is 30.7 Å². The number of amides is 3.